The van der Waals surface area contributed by atoms with Gasteiger partial charge in [-0.3, -0.25) is 19.7 Å². The topological polar surface area (TPSA) is 103 Å². The Kier molecular flexibility index (Phi) is 5.36. The van der Waals surface area contributed by atoms with E-state index in [1.807, 2.05) is 6.07 Å². The largest absolute Gasteiger partial charge is 0.459 e. The summed E-state index contributed by atoms with van der Waals surface area (Å²) < 4.78 is 6.88. The molecule has 0 radical (unpaired) electrons. The van der Waals surface area contributed by atoms with Gasteiger partial charge in [0.15, 0.2) is 0 Å². The second-order valence-electron chi connectivity index (χ2n) is 7.52. The number of para-hydroxylation sites is 1. The SMILES string of the molecule is CC(C)(C)OC(=O)Cn1c(C(=O)Nc2ccccc2)cc2cc([N+](=O)[O-])ccc21. The summed E-state index contributed by atoms with van der Waals surface area (Å²) >= 11 is 0. The Morgan fingerprint density at radius 2 is 1.79 bits per heavy atom. The van der Waals surface area contributed by atoms with Crippen LogP contribution in [0.15, 0.2) is 54.6 Å². The number of non-ortho nitro benzene ring substituents is 1. The van der Waals surface area contributed by atoms with Gasteiger partial charge in [-0.25, -0.2) is 0 Å². The molecule has 0 saturated carbocycles. The quantitative estimate of drug-likeness (QED) is 0.397. The smallest absolute Gasteiger partial charge is 0.326 e. The number of anilines is 1. The first-order valence-corrected chi connectivity index (χ1v) is 9.00. The van der Waals surface area contributed by atoms with Crippen molar-refractivity contribution in [2.24, 2.45) is 0 Å². The van der Waals surface area contributed by atoms with E-state index in [9.17, 15) is 19.7 Å². The zero-order valence-corrected chi connectivity index (χ0v) is 16.3. The number of esters is 1. The molecule has 2 aromatic carbocycles. The van der Waals surface area contributed by atoms with Gasteiger partial charge in [-0.2, -0.15) is 0 Å². The fourth-order valence-corrected chi connectivity index (χ4v) is 2.95. The second-order valence-corrected chi connectivity index (χ2v) is 7.52. The number of nitrogens with zero attached hydrogens (tertiary/aromatic N) is 2. The number of amides is 1. The lowest BCUT2D eigenvalue weighted by Crippen LogP contribution is -2.28. The number of fused-ring (bicyclic) bond motifs is 1. The van der Waals surface area contributed by atoms with Gasteiger partial charge in [0.2, 0.25) is 0 Å². The highest BCUT2D eigenvalue weighted by Crippen LogP contribution is 2.26. The highest BCUT2D eigenvalue weighted by molar-refractivity contribution is 6.07. The molecule has 1 aromatic heterocycles. The first kappa shape index (κ1) is 20.1. The molecular weight excluding hydrogens is 374 g/mol. The van der Waals surface area contributed by atoms with Crippen molar-refractivity contribution in [3.05, 3.63) is 70.4 Å². The van der Waals surface area contributed by atoms with E-state index >= 15 is 0 Å². The molecule has 150 valence electrons. The molecule has 0 aliphatic rings. The molecule has 3 rings (SSSR count). The van der Waals surface area contributed by atoms with Gasteiger partial charge in [-0.05, 0) is 45.0 Å². The third kappa shape index (κ3) is 4.78. The van der Waals surface area contributed by atoms with Crippen LogP contribution in [-0.2, 0) is 16.1 Å². The van der Waals surface area contributed by atoms with Crippen molar-refractivity contribution in [3.8, 4) is 0 Å². The summed E-state index contributed by atoms with van der Waals surface area (Å²) in [5, 5.41) is 14.4. The van der Waals surface area contributed by atoms with E-state index in [1.165, 1.54) is 28.8 Å². The molecule has 0 aliphatic carbocycles. The number of nitro benzene ring substituents is 1. The molecule has 8 heteroatoms. The van der Waals surface area contributed by atoms with Crippen LogP contribution < -0.4 is 5.32 Å². The Morgan fingerprint density at radius 3 is 2.41 bits per heavy atom. The maximum absolute atomic E-state index is 12.9. The molecule has 1 N–H and O–H groups in total. The Bertz CT molecular complexity index is 1080. The van der Waals surface area contributed by atoms with Gasteiger partial charge in [-0.15, -0.1) is 0 Å². The molecule has 0 atom stereocenters. The summed E-state index contributed by atoms with van der Waals surface area (Å²) in [4.78, 5) is 35.9. The van der Waals surface area contributed by atoms with Crippen LogP contribution in [0.25, 0.3) is 10.9 Å². The van der Waals surface area contributed by atoms with Gasteiger partial charge in [0.1, 0.15) is 17.8 Å². The van der Waals surface area contributed by atoms with E-state index in [0.717, 1.165) is 0 Å². The van der Waals surface area contributed by atoms with E-state index < -0.39 is 22.4 Å². The molecule has 1 amide bonds. The van der Waals surface area contributed by atoms with Crippen molar-refractivity contribution in [3.63, 3.8) is 0 Å². The Hall–Kier alpha value is -3.68. The predicted molar refractivity (Wildman–Crippen MR) is 109 cm³/mol. The number of carbonyl (C=O) groups is 2. The molecule has 3 aromatic rings. The molecule has 0 spiro atoms. The molecule has 8 nitrogen and oxygen atoms in total. The number of carbonyl (C=O) groups excluding carboxylic acids is 2. The number of nitrogens with one attached hydrogen (secondary N) is 1. The highest BCUT2D eigenvalue weighted by Gasteiger charge is 2.22. The van der Waals surface area contributed by atoms with Gasteiger partial charge >= 0.3 is 5.97 Å². The first-order valence-electron chi connectivity index (χ1n) is 9.00. The average molecular weight is 395 g/mol. The minimum absolute atomic E-state index is 0.0954. The van der Waals surface area contributed by atoms with Crippen molar-refractivity contribution in [1.29, 1.82) is 0 Å². The Labute approximate surface area is 167 Å². The molecule has 0 bridgehead atoms. The van der Waals surface area contributed by atoms with E-state index in [4.69, 9.17) is 4.74 Å². The van der Waals surface area contributed by atoms with Gasteiger partial charge in [0.05, 0.1) is 4.92 Å². The monoisotopic (exact) mass is 395 g/mol. The molecule has 1 heterocycles. The van der Waals surface area contributed by atoms with Crippen molar-refractivity contribution < 1.29 is 19.2 Å². The minimum Gasteiger partial charge on any atom is -0.459 e. The summed E-state index contributed by atoms with van der Waals surface area (Å²) in [6, 6.07) is 14.7. The second kappa shape index (κ2) is 7.75. The van der Waals surface area contributed by atoms with Crippen molar-refractivity contribution in [2.45, 2.75) is 32.9 Å². The van der Waals surface area contributed by atoms with E-state index in [2.05, 4.69) is 5.32 Å². The number of nitro groups is 1. The lowest BCUT2D eigenvalue weighted by molar-refractivity contribution is -0.384. The summed E-state index contributed by atoms with van der Waals surface area (Å²) in [6.07, 6.45) is 0. The fraction of sp³-hybridized carbons (Fsp3) is 0.238. The van der Waals surface area contributed by atoms with Crippen LogP contribution in [0.5, 0.6) is 0 Å². The minimum atomic E-state index is -0.675. The van der Waals surface area contributed by atoms with Crippen molar-refractivity contribution in [2.75, 3.05) is 5.32 Å². The van der Waals surface area contributed by atoms with E-state index in [0.29, 0.717) is 16.6 Å². The van der Waals surface area contributed by atoms with E-state index in [1.54, 1.807) is 45.0 Å². The first-order chi connectivity index (χ1) is 13.6. The van der Waals surface area contributed by atoms with Gasteiger partial charge in [0, 0.05) is 28.7 Å². The normalized spacial score (nSPS) is 11.3. The summed E-state index contributed by atoms with van der Waals surface area (Å²) in [5.41, 5.74) is 0.556. The number of rotatable bonds is 5. The summed E-state index contributed by atoms with van der Waals surface area (Å²) in [5.74, 6) is -0.944. The third-order valence-corrected chi connectivity index (χ3v) is 4.07. The predicted octanol–water partition coefficient (Wildman–Crippen LogP) is 4.14. The van der Waals surface area contributed by atoms with Crippen LogP contribution in [-0.4, -0.2) is 27.0 Å². The maximum Gasteiger partial charge on any atom is 0.326 e. The van der Waals surface area contributed by atoms with E-state index in [-0.39, 0.29) is 17.9 Å². The number of ether oxygens (including phenoxy) is 1. The average Bonchev–Trinajstić information content (AvgIpc) is 2.98. The van der Waals surface area contributed by atoms with Crippen LogP contribution in [0.1, 0.15) is 31.3 Å². The molecule has 0 aliphatic heterocycles. The standard InChI is InChI=1S/C21H21N3O5/c1-21(2,3)29-19(25)13-23-17-10-9-16(24(27)28)11-14(17)12-18(23)20(26)22-15-7-5-4-6-8-15/h4-12H,13H2,1-3H3,(H,22,26). The van der Waals surface area contributed by atoms with Gasteiger partial charge in [-0.1, -0.05) is 18.2 Å². The van der Waals surface area contributed by atoms with Crippen LogP contribution in [0.2, 0.25) is 0 Å². The summed E-state index contributed by atoms with van der Waals surface area (Å²) in [7, 11) is 0. The highest BCUT2D eigenvalue weighted by atomic mass is 16.6. The number of aromatic nitrogens is 1. The zero-order chi connectivity index (χ0) is 21.2. The van der Waals surface area contributed by atoms with Crippen LogP contribution in [0, 0.1) is 10.1 Å². The lowest BCUT2D eigenvalue weighted by Gasteiger charge is -2.20. The Morgan fingerprint density at radius 1 is 1.10 bits per heavy atom. The van der Waals surface area contributed by atoms with Crippen LogP contribution >= 0.6 is 0 Å². The molecule has 29 heavy (non-hydrogen) atoms. The summed E-state index contributed by atoms with van der Waals surface area (Å²) in [6.45, 7) is 5.07. The molecule has 0 fully saturated rings. The molecule has 0 unspecified atom stereocenters. The number of hydrogen-bond acceptors (Lipinski definition) is 5. The zero-order valence-electron chi connectivity index (χ0n) is 16.3. The maximum atomic E-state index is 12.9. The van der Waals surface area contributed by atoms with Crippen molar-refractivity contribution in [1.82, 2.24) is 4.57 Å². The van der Waals surface area contributed by atoms with Gasteiger partial charge in [0.25, 0.3) is 11.6 Å². The number of benzene rings is 2. The van der Waals surface area contributed by atoms with Crippen LogP contribution in [0.3, 0.4) is 0 Å². The molecular formula is C21H21N3O5. The lowest BCUT2D eigenvalue weighted by atomic mass is 10.2. The molecule has 0 saturated heterocycles. The number of hydrogen-bond donors (Lipinski definition) is 1. The Balaban J connectivity index is 2.02. The van der Waals surface area contributed by atoms with Crippen LogP contribution in [0.4, 0.5) is 11.4 Å². The third-order valence-electron chi connectivity index (χ3n) is 4.07. The fourth-order valence-electron chi connectivity index (χ4n) is 2.95. The van der Waals surface area contributed by atoms with Crippen molar-refractivity contribution >= 4 is 34.2 Å². The van der Waals surface area contributed by atoms with Gasteiger partial charge < -0.3 is 14.6 Å².